The number of thiazole rings is 1. The Morgan fingerprint density at radius 1 is 1.08 bits per heavy atom. The Kier molecular flexibility index (Phi) is 5.31. The third-order valence-corrected chi connectivity index (χ3v) is 4.79. The summed E-state index contributed by atoms with van der Waals surface area (Å²) in [5, 5.41) is 4.09. The molecule has 25 heavy (non-hydrogen) atoms. The van der Waals surface area contributed by atoms with Gasteiger partial charge in [-0.1, -0.05) is 53.6 Å². The van der Waals surface area contributed by atoms with E-state index in [2.05, 4.69) is 29.4 Å². The molecule has 0 saturated carbocycles. The van der Waals surface area contributed by atoms with Crippen LogP contribution in [0.5, 0.6) is 0 Å². The number of aromatic nitrogens is 1. The number of carbonyl (C=O) groups is 1. The minimum absolute atomic E-state index is 0.209. The van der Waals surface area contributed by atoms with Crippen molar-refractivity contribution in [1.82, 2.24) is 4.98 Å². The maximum atomic E-state index is 12.1. The molecule has 3 aromatic rings. The SMILES string of the molecule is Cc1ccc(-c2nc(NC(=O)/C=C/c3ccc(Cl)cc3)sc2C)cc1. The van der Waals surface area contributed by atoms with Crippen molar-refractivity contribution in [2.45, 2.75) is 13.8 Å². The Hall–Kier alpha value is -2.43. The summed E-state index contributed by atoms with van der Waals surface area (Å²) in [6.45, 7) is 4.06. The predicted molar refractivity (Wildman–Crippen MR) is 106 cm³/mol. The van der Waals surface area contributed by atoms with Gasteiger partial charge in [0, 0.05) is 21.5 Å². The average Bonchev–Trinajstić information content (AvgIpc) is 2.95. The zero-order valence-electron chi connectivity index (χ0n) is 13.9. The van der Waals surface area contributed by atoms with E-state index in [-0.39, 0.29) is 5.91 Å². The monoisotopic (exact) mass is 368 g/mol. The molecule has 0 radical (unpaired) electrons. The van der Waals surface area contributed by atoms with Gasteiger partial charge in [-0.05, 0) is 37.6 Å². The van der Waals surface area contributed by atoms with E-state index < -0.39 is 0 Å². The van der Waals surface area contributed by atoms with E-state index in [1.54, 1.807) is 18.2 Å². The molecule has 0 atom stereocenters. The molecule has 0 fully saturated rings. The topological polar surface area (TPSA) is 42.0 Å². The lowest BCUT2D eigenvalue weighted by molar-refractivity contribution is -0.111. The second kappa shape index (κ2) is 7.64. The van der Waals surface area contributed by atoms with Crippen molar-refractivity contribution < 1.29 is 4.79 Å². The maximum absolute atomic E-state index is 12.1. The van der Waals surface area contributed by atoms with Crippen molar-refractivity contribution in [1.29, 1.82) is 0 Å². The highest BCUT2D eigenvalue weighted by atomic mass is 35.5. The van der Waals surface area contributed by atoms with Gasteiger partial charge in [0.1, 0.15) is 0 Å². The van der Waals surface area contributed by atoms with Gasteiger partial charge < -0.3 is 0 Å². The molecule has 3 rings (SSSR count). The highest BCUT2D eigenvalue weighted by molar-refractivity contribution is 7.16. The quantitative estimate of drug-likeness (QED) is 0.597. The van der Waals surface area contributed by atoms with E-state index in [0.717, 1.165) is 21.7 Å². The van der Waals surface area contributed by atoms with Gasteiger partial charge in [-0.25, -0.2) is 4.98 Å². The standard InChI is InChI=1S/C20H17ClN2OS/c1-13-3-8-16(9-4-13)19-14(2)25-20(23-19)22-18(24)12-7-15-5-10-17(21)11-6-15/h3-12H,1-2H3,(H,22,23,24)/b12-7+. The Labute approximate surface area is 156 Å². The largest absolute Gasteiger partial charge is 0.298 e. The molecule has 1 heterocycles. The van der Waals surface area contributed by atoms with Gasteiger partial charge in [-0.3, -0.25) is 10.1 Å². The highest BCUT2D eigenvalue weighted by Gasteiger charge is 2.11. The molecule has 126 valence electrons. The Morgan fingerprint density at radius 3 is 2.44 bits per heavy atom. The van der Waals surface area contributed by atoms with Crippen LogP contribution in [0.15, 0.2) is 54.6 Å². The number of hydrogen-bond donors (Lipinski definition) is 1. The minimum atomic E-state index is -0.209. The molecule has 1 amide bonds. The van der Waals surface area contributed by atoms with E-state index in [1.165, 1.54) is 23.0 Å². The summed E-state index contributed by atoms with van der Waals surface area (Å²) in [4.78, 5) is 17.7. The minimum Gasteiger partial charge on any atom is -0.298 e. The van der Waals surface area contributed by atoms with Gasteiger partial charge in [0.15, 0.2) is 5.13 Å². The van der Waals surface area contributed by atoms with Crippen LogP contribution in [0.4, 0.5) is 5.13 Å². The number of aryl methyl sites for hydroxylation is 2. The number of hydrogen-bond acceptors (Lipinski definition) is 3. The number of amides is 1. The summed E-state index contributed by atoms with van der Waals surface area (Å²) >= 11 is 7.32. The number of halogens is 1. The smallest absolute Gasteiger partial charge is 0.250 e. The zero-order valence-corrected chi connectivity index (χ0v) is 15.5. The molecule has 2 aromatic carbocycles. The van der Waals surface area contributed by atoms with Crippen LogP contribution in [0.25, 0.3) is 17.3 Å². The molecule has 1 N–H and O–H groups in total. The van der Waals surface area contributed by atoms with Gasteiger partial charge in [-0.2, -0.15) is 0 Å². The first-order valence-corrected chi connectivity index (χ1v) is 9.00. The van der Waals surface area contributed by atoms with Crippen LogP contribution in [0.3, 0.4) is 0 Å². The molecule has 3 nitrogen and oxygen atoms in total. The molecule has 0 saturated heterocycles. The van der Waals surface area contributed by atoms with E-state index in [9.17, 15) is 4.79 Å². The Bertz CT molecular complexity index is 912. The lowest BCUT2D eigenvalue weighted by Crippen LogP contribution is -2.07. The molecular weight excluding hydrogens is 352 g/mol. The molecule has 1 aromatic heterocycles. The number of benzene rings is 2. The van der Waals surface area contributed by atoms with E-state index in [0.29, 0.717) is 10.2 Å². The highest BCUT2D eigenvalue weighted by Crippen LogP contribution is 2.30. The molecule has 0 spiro atoms. The molecule has 0 aliphatic rings. The Morgan fingerprint density at radius 2 is 1.76 bits per heavy atom. The third kappa shape index (κ3) is 4.56. The van der Waals surface area contributed by atoms with Crippen molar-refractivity contribution in [2.24, 2.45) is 0 Å². The maximum Gasteiger partial charge on any atom is 0.250 e. The number of anilines is 1. The second-order valence-electron chi connectivity index (χ2n) is 5.66. The second-order valence-corrected chi connectivity index (χ2v) is 7.30. The number of carbonyl (C=O) groups excluding carboxylic acids is 1. The van der Waals surface area contributed by atoms with Crippen molar-refractivity contribution in [3.8, 4) is 11.3 Å². The first kappa shape index (κ1) is 17.4. The molecule has 0 aliphatic heterocycles. The summed E-state index contributed by atoms with van der Waals surface area (Å²) in [7, 11) is 0. The molecular formula is C20H17ClN2OS. The molecule has 5 heteroatoms. The molecule has 0 bridgehead atoms. The summed E-state index contributed by atoms with van der Waals surface area (Å²) in [6, 6.07) is 15.5. The predicted octanol–water partition coefficient (Wildman–Crippen LogP) is 5.73. The van der Waals surface area contributed by atoms with Crippen LogP contribution in [-0.2, 0) is 4.79 Å². The van der Waals surface area contributed by atoms with Crippen molar-refractivity contribution in [3.05, 3.63) is 75.6 Å². The first-order chi connectivity index (χ1) is 12.0. The van der Waals surface area contributed by atoms with Crippen LogP contribution in [0, 0.1) is 13.8 Å². The van der Waals surface area contributed by atoms with Gasteiger partial charge in [0.25, 0.3) is 0 Å². The normalized spacial score (nSPS) is 11.0. The fraction of sp³-hybridized carbons (Fsp3) is 0.100. The lowest BCUT2D eigenvalue weighted by Gasteiger charge is -1.99. The average molecular weight is 369 g/mol. The number of nitrogens with one attached hydrogen (secondary N) is 1. The van der Waals surface area contributed by atoms with Crippen LogP contribution in [0.2, 0.25) is 5.02 Å². The Balaban J connectivity index is 1.70. The van der Waals surface area contributed by atoms with E-state index in [4.69, 9.17) is 11.6 Å². The fourth-order valence-corrected chi connectivity index (χ4v) is 3.29. The van der Waals surface area contributed by atoms with Gasteiger partial charge >= 0.3 is 0 Å². The zero-order chi connectivity index (χ0) is 17.8. The number of rotatable bonds is 4. The van der Waals surface area contributed by atoms with E-state index in [1.807, 2.05) is 31.2 Å². The van der Waals surface area contributed by atoms with Crippen LogP contribution < -0.4 is 5.32 Å². The lowest BCUT2D eigenvalue weighted by atomic mass is 10.1. The first-order valence-electron chi connectivity index (χ1n) is 7.80. The van der Waals surface area contributed by atoms with Gasteiger partial charge in [0.05, 0.1) is 5.69 Å². The summed E-state index contributed by atoms with van der Waals surface area (Å²) in [5.41, 5.74) is 4.08. The van der Waals surface area contributed by atoms with Crippen LogP contribution in [-0.4, -0.2) is 10.9 Å². The van der Waals surface area contributed by atoms with Crippen molar-refractivity contribution in [2.75, 3.05) is 5.32 Å². The fourth-order valence-electron chi connectivity index (χ4n) is 2.32. The number of nitrogens with zero attached hydrogens (tertiary/aromatic N) is 1. The summed E-state index contributed by atoms with van der Waals surface area (Å²) < 4.78 is 0. The van der Waals surface area contributed by atoms with Crippen molar-refractivity contribution >= 4 is 40.1 Å². The van der Waals surface area contributed by atoms with E-state index >= 15 is 0 Å². The summed E-state index contributed by atoms with van der Waals surface area (Å²) in [5.74, 6) is -0.209. The summed E-state index contributed by atoms with van der Waals surface area (Å²) in [6.07, 6.45) is 3.23. The molecule has 0 unspecified atom stereocenters. The van der Waals surface area contributed by atoms with Gasteiger partial charge in [-0.15, -0.1) is 11.3 Å². The van der Waals surface area contributed by atoms with Crippen LogP contribution in [0.1, 0.15) is 16.0 Å². The van der Waals surface area contributed by atoms with Crippen LogP contribution >= 0.6 is 22.9 Å². The third-order valence-electron chi connectivity index (χ3n) is 3.65. The van der Waals surface area contributed by atoms with Gasteiger partial charge in [0.2, 0.25) is 5.91 Å². The molecule has 0 aliphatic carbocycles. The van der Waals surface area contributed by atoms with Crippen molar-refractivity contribution in [3.63, 3.8) is 0 Å².